The Bertz CT molecular complexity index is 650. The van der Waals surface area contributed by atoms with Crippen molar-refractivity contribution >= 4 is 22.0 Å². The lowest BCUT2D eigenvalue weighted by molar-refractivity contribution is -0.137. The van der Waals surface area contributed by atoms with Gasteiger partial charge in [-0.25, -0.2) is 4.79 Å². The van der Waals surface area contributed by atoms with Gasteiger partial charge in [0.15, 0.2) is 5.72 Å². The van der Waals surface area contributed by atoms with Crippen LogP contribution in [0.3, 0.4) is 0 Å². The van der Waals surface area contributed by atoms with E-state index in [-0.39, 0.29) is 10.2 Å². The molecule has 0 radical (unpaired) electrons. The van der Waals surface area contributed by atoms with Gasteiger partial charge in [-0.1, -0.05) is 6.42 Å². The summed E-state index contributed by atoms with van der Waals surface area (Å²) in [5, 5.41) is 2.78. The maximum absolute atomic E-state index is 12.8. The molecule has 0 aromatic heterocycles. The number of carbonyl (C=O) groups is 1. The van der Waals surface area contributed by atoms with E-state index in [1.807, 2.05) is 0 Å². The van der Waals surface area contributed by atoms with Crippen molar-refractivity contribution in [3.05, 3.63) is 28.2 Å². The molecule has 1 aliphatic carbocycles. The van der Waals surface area contributed by atoms with Crippen molar-refractivity contribution in [3.63, 3.8) is 0 Å². The number of alkyl halides is 3. The van der Waals surface area contributed by atoms with Crippen LogP contribution in [0.1, 0.15) is 58.4 Å². The lowest BCUT2D eigenvalue weighted by Crippen LogP contribution is -2.55. The zero-order chi connectivity index (χ0) is 19.6. The number of rotatable bonds is 3. The lowest BCUT2D eigenvalue weighted by Gasteiger charge is -2.38. The van der Waals surface area contributed by atoms with Gasteiger partial charge >= 0.3 is 12.3 Å². The van der Waals surface area contributed by atoms with Crippen LogP contribution in [0.25, 0.3) is 0 Å². The molecule has 4 nitrogen and oxygen atoms in total. The lowest BCUT2D eigenvalue weighted by atomic mass is 9.91. The van der Waals surface area contributed by atoms with Crippen LogP contribution in [0.15, 0.2) is 22.7 Å². The standard InChI is InChI=1S/C18H23BrF3NO3/c1-16(2,3)26-15(24)23-17(9-5-4-6-10-17)25-14-8-7-12(11-13(14)19)18(20,21)22/h7-8,11H,4-6,9-10H2,1-3H3,(H,23,24). The van der Waals surface area contributed by atoms with Crippen LogP contribution in [0, 0.1) is 0 Å². The summed E-state index contributed by atoms with van der Waals surface area (Å²) in [5.41, 5.74) is -2.42. The Hall–Kier alpha value is -1.44. The van der Waals surface area contributed by atoms with Gasteiger partial charge < -0.3 is 9.47 Å². The third kappa shape index (κ3) is 5.79. The zero-order valence-corrected chi connectivity index (χ0v) is 16.6. The van der Waals surface area contributed by atoms with Crippen molar-refractivity contribution in [3.8, 4) is 5.75 Å². The first kappa shape index (κ1) is 20.9. The normalized spacial score (nSPS) is 17.5. The van der Waals surface area contributed by atoms with Gasteiger partial charge in [0, 0.05) is 12.8 Å². The maximum atomic E-state index is 12.8. The van der Waals surface area contributed by atoms with Gasteiger partial charge in [-0.2, -0.15) is 13.2 Å². The topological polar surface area (TPSA) is 47.6 Å². The molecule has 1 aromatic carbocycles. The largest absolute Gasteiger partial charge is 0.467 e. The van der Waals surface area contributed by atoms with Crippen molar-refractivity contribution in [2.75, 3.05) is 0 Å². The van der Waals surface area contributed by atoms with E-state index in [2.05, 4.69) is 21.2 Å². The van der Waals surface area contributed by atoms with Crippen molar-refractivity contribution in [2.24, 2.45) is 0 Å². The van der Waals surface area contributed by atoms with Crippen LogP contribution in [0.2, 0.25) is 0 Å². The molecule has 2 rings (SSSR count). The fraction of sp³-hybridized carbons (Fsp3) is 0.611. The summed E-state index contributed by atoms with van der Waals surface area (Å²) in [6, 6.07) is 3.20. The minimum Gasteiger partial charge on any atom is -0.467 e. The molecule has 1 saturated carbocycles. The molecule has 0 atom stereocenters. The Morgan fingerprint density at radius 1 is 1.15 bits per heavy atom. The highest BCUT2D eigenvalue weighted by molar-refractivity contribution is 9.10. The molecule has 1 amide bonds. The Kier molecular flexibility index (Phi) is 6.15. The summed E-state index contributed by atoms with van der Waals surface area (Å²) in [5.74, 6) is 0.246. The number of benzene rings is 1. The fourth-order valence-electron chi connectivity index (χ4n) is 2.84. The van der Waals surface area contributed by atoms with Crippen molar-refractivity contribution in [2.45, 2.75) is 70.4 Å². The number of amides is 1. The number of halogens is 4. The average Bonchev–Trinajstić information content (AvgIpc) is 2.47. The Balaban J connectivity index is 2.21. The predicted molar refractivity (Wildman–Crippen MR) is 95.0 cm³/mol. The van der Waals surface area contributed by atoms with Gasteiger partial charge in [0.2, 0.25) is 0 Å². The van der Waals surface area contributed by atoms with Crippen molar-refractivity contribution < 1.29 is 27.4 Å². The van der Waals surface area contributed by atoms with Crippen LogP contribution in [0.5, 0.6) is 5.75 Å². The first-order chi connectivity index (χ1) is 11.9. The minimum absolute atomic E-state index is 0.184. The first-order valence-corrected chi connectivity index (χ1v) is 9.26. The van der Waals surface area contributed by atoms with Gasteiger partial charge in [-0.3, -0.25) is 5.32 Å². The molecule has 0 bridgehead atoms. The molecule has 0 heterocycles. The third-order valence-electron chi connectivity index (χ3n) is 3.95. The summed E-state index contributed by atoms with van der Waals surface area (Å²) in [4.78, 5) is 12.2. The molecule has 8 heteroatoms. The van der Waals surface area contributed by atoms with Gasteiger partial charge in [-0.15, -0.1) is 0 Å². The second-order valence-electron chi connectivity index (χ2n) is 7.43. The predicted octanol–water partition coefficient (Wildman–Crippen LogP) is 6.03. The van der Waals surface area contributed by atoms with E-state index in [1.54, 1.807) is 20.8 Å². The molecule has 0 aliphatic heterocycles. The molecule has 1 fully saturated rings. The number of hydrogen-bond donors (Lipinski definition) is 1. The monoisotopic (exact) mass is 437 g/mol. The smallest absolute Gasteiger partial charge is 0.416 e. The van der Waals surface area contributed by atoms with Crippen LogP contribution >= 0.6 is 15.9 Å². The SMILES string of the molecule is CC(C)(C)OC(=O)NC1(Oc2ccc(C(F)(F)F)cc2Br)CCCCC1. The first-order valence-electron chi connectivity index (χ1n) is 8.47. The van der Waals surface area contributed by atoms with Crippen LogP contribution in [-0.4, -0.2) is 17.4 Å². The second-order valence-corrected chi connectivity index (χ2v) is 8.28. The zero-order valence-electron chi connectivity index (χ0n) is 15.0. The molecule has 1 aromatic rings. The van der Waals surface area contributed by atoms with E-state index >= 15 is 0 Å². The van der Waals surface area contributed by atoms with E-state index in [1.165, 1.54) is 6.07 Å². The van der Waals surface area contributed by atoms with E-state index in [4.69, 9.17) is 9.47 Å². The molecular formula is C18H23BrF3NO3. The minimum atomic E-state index is -4.43. The maximum Gasteiger partial charge on any atom is 0.416 e. The molecule has 1 N–H and O–H groups in total. The van der Waals surface area contributed by atoms with Crippen molar-refractivity contribution in [1.82, 2.24) is 5.32 Å². The van der Waals surface area contributed by atoms with E-state index in [0.29, 0.717) is 12.8 Å². The molecule has 26 heavy (non-hydrogen) atoms. The molecule has 0 spiro atoms. The Labute approximate surface area is 159 Å². The summed E-state index contributed by atoms with van der Waals surface area (Å²) < 4.78 is 50.0. The number of nitrogens with one attached hydrogen (secondary N) is 1. The van der Waals surface area contributed by atoms with Gasteiger partial charge in [0.05, 0.1) is 10.0 Å². The van der Waals surface area contributed by atoms with Crippen molar-refractivity contribution in [1.29, 1.82) is 0 Å². The molecular weight excluding hydrogens is 415 g/mol. The van der Waals surface area contributed by atoms with Gasteiger partial charge in [0.25, 0.3) is 0 Å². The third-order valence-corrected chi connectivity index (χ3v) is 4.57. The number of ether oxygens (including phenoxy) is 2. The molecule has 0 unspecified atom stereocenters. The summed E-state index contributed by atoms with van der Waals surface area (Å²) in [6.45, 7) is 5.27. The molecule has 1 aliphatic rings. The second kappa shape index (κ2) is 7.66. The highest BCUT2D eigenvalue weighted by Crippen LogP contribution is 2.38. The quantitative estimate of drug-likeness (QED) is 0.586. The van der Waals surface area contributed by atoms with Crippen LogP contribution < -0.4 is 10.1 Å². The molecule has 146 valence electrons. The summed E-state index contributed by atoms with van der Waals surface area (Å²) in [6.07, 6.45) is -1.24. The number of hydrogen-bond acceptors (Lipinski definition) is 3. The molecule has 0 saturated heterocycles. The van der Waals surface area contributed by atoms with Gasteiger partial charge in [0.1, 0.15) is 11.4 Å². The van der Waals surface area contributed by atoms with E-state index in [9.17, 15) is 18.0 Å². The van der Waals surface area contributed by atoms with Gasteiger partial charge in [-0.05, 0) is 67.7 Å². The fourth-order valence-corrected chi connectivity index (χ4v) is 3.30. The number of carbonyl (C=O) groups excluding carboxylic acids is 1. The average molecular weight is 438 g/mol. The highest BCUT2D eigenvalue weighted by Gasteiger charge is 2.38. The highest BCUT2D eigenvalue weighted by atomic mass is 79.9. The summed E-state index contributed by atoms with van der Waals surface area (Å²) in [7, 11) is 0. The Morgan fingerprint density at radius 3 is 2.27 bits per heavy atom. The van der Waals surface area contributed by atoms with Crippen LogP contribution in [-0.2, 0) is 10.9 Å². The van der Waals surface area contributed by atoms with E-state index < -0.39 is 29.2 Å². The Morgan fingerprint density at radius 2 is 1.77 bits per heavy atom. The number of alkyl carbamates (subject to hydrolysis) is 1. The summed E-state index contributed by atoms with van der Waals surface area (Å²) >= 11 is 3.14. The van der Waals surface area contributed by atoms with E-state index in [0.717, 1.165) is 31.4 Å². The van der Waals surface area contributed by atoms with Crippen LogP contribution in [0.4, 0.5) is 18.0 Å².